The zero-order chi connectivity index (χ0) is 22.3. The van der Waals surface area contributed by atoms with E-state index in [2.05, 4.69) is 19.2 Å². The van der Waals surface area contributed by atoms with Crippen molar-refractivity contribution < 1.29 is 9.59 Å². The van der Waals surface area contributed by atoms with Crippen LogP contribution in [0.25, 0.3) is 11.0 Å². The SMILES string of the molecule is CC(C)[C@H](NC(=O)[C@H](C(C)C)N1Cc2ccccc2C1=O)c1nc2ccccc2n1C. The van der Waals surface area contributed by atoms with Gasteiger partial charge in [-0.3, -0.25) is 9.59 Å². The van der Waals surface area contributed by atoms with Crippen LogP contribution >= 0.6 is 0 Å². The van der Waals surface area contributed by atoms with Crippen molar-refractivity contribution in [1.29, 1.82) is 0 Å². The van der Waals surface area contributed by atoms with E-state index in [1.165, 1.54) is 0 Å². The van der Waals surface area contributed by atoms with Gasteiger partial charge in [0.05, 0.1) is 17.1 Å². The molecule has 6 nitrogen and oxygen atoms in total. The molecule has 0 spiro atoms. The number of carbonyl (C=O) groups is 2. The Morgan fingerprint density at radius 2 is 1.68 bits per heavy atom. The number of fused-ring (bicyclic) bond motifs is 2. The molecule has 0 radical (unpaired) electrons. The molecule has 6 heteroatoms. The molecule has 0 fully saturated rings. The van der Waals surface area contributed by atoms with Crippen LogP contribution in [0.15, 0.2) is 48.5 Å². The summed E-state index contributed by atoms with van der Waals surface area (Å²) >= 11 is 0. The molecule has 162 valence electrons. The molecule has 1 aromatic heterocycles. The number of para-hydroxylation sites is 2. The molecule has 2 atom stereocenters. The van der Waals surface area contributed by atoms with Crippen LogP contribution in [0, 0.1) is 11.8 Å². The maximum atomic E-state index is 13.5. The number of hydrogen-bond donors (Lipinski definition) is 1. The molecule has 2 heterocycles. The van der Waals surface area contributed by atoms with Crippen molar-refractivity contribution >= 4 is 22.8 Å². The lowest BCUT2D eigenvalue weighted by molar-refractivity contribution is -0.128. The van der Waals surface area contributed by atoms with Crippen molar-refractivity contribution in [2.45, 2.75) is 46.3 Å². The molecule has 4 rings (SSSR count). The Hall–Kier alpha value is -3.15. The summed E-state index contributed by atoms with van der Waals surface area (Å²) < 4.78 is 2.04. The maximum absolute atomic E-state index is 13.5. The third-order valence-electron chi connectivity index (χ3n) is 6.15. The molecule has 2 amide bonds. The van der Waals surface area contributed by atoms with Crippen molar-refractivity contribution in [3.05, 3.63) is 65.5 Å². The van der Waals surface area contributed by atoms with Crippen LogP contribution in [0.4, 0.5) is 0 Å². The number of aromatic nitrogens is 2. The van der Waals surface area contributed by atoms with Gasteiger partial charge in [-0.15, -0.1) is 0 Å². The van der Waals surface area contributed by atoms with E-state index in [-0.39, 0.29) is 29.7 Å². The largest absolute Gasteiger partial charge is 0.344 e. The molecular weight excluding hydrogens is 388 g/mol. The number of rotatable bonds is 6. The minimum atomic E-state index is -0.546. The van der Waals surface area contributed by atoms with E-state index in [4.69, 9.17) is 4.98 Å². The zero-order valence-corrected chi connectivity index (χ0v) is 18.8. The van der Waals surface area contributed by atoms with Gasteiger partial charge in [0.15, 0.2) is 0 Å². The Bertz CT molecular complexity index is 1130. The van der Waals surface area contributed by atoms with E-state index in [0.717, 1.165) is 22.4 Å². The van der Waals surface area contributed by atoms with Gasteiger partial charge in [0.2, 0.25) is 5.91 Å². The highest BCUT2D eigenvalue weighted by atomic mass is 16.2. The number of amides is 2. The van der Waals surface area contributed by atoms with Crippen molar-refractivity contribution in [2.24, 2.45) is 18.9 Å². The van der Waals surface area contributed by atoms with Crippen molar-refractivity contribution in [1.82, 2.24) is 19.8 Å². The third-order valence-corrected chi connectivity index (χ3v) is 6.15. The van der Waals surface area contributed by atoms with E-state index in [1.54, 1.807) is 4.90 Å². The number of hydrogen-bond acceptors (Lipinski definition) is 3. The summed E-state index contributed by atoms with van der Waals surface area (Å²) in [5.41, 5.74) is 3.60. The van der Waals surface area contributed by atoms with Crippen LogP contribution in [0.1, 0.15) is 55.5 Å². The molecule has 0 saturated heterocycles. The number of benzene rings is 2. The van der Waals surface area contributed by atoms with E-state index < -0.39 is 6.04 Å². The van der Waals surface area contributed by atoms with Gasteiger partial charge < -0.3 is 14.8 Å². The fourth-order valence-electron chi connectivity index (χ4n) is 4.52. The van der Waals surface area contributed by atoms with Gasteiger partial charge in [-0.25, -0.2) is 4.98 Å². The Morgan fingerprint density at radius 3 is 2.32 bits per heavy atom. The van der Waals surface area contributed by atoms with Gasteiger partial charge in [-0.1, -0.05) is 58.0 Å². The second-order valence-corrected chi connectivity index (χ2v) is 9.03. The lowest BCUT2D eigenvalue weighted by atomic mass is 9.98. The van der Waals surface area contributed by atoms with Crippen LogP contribution in [0.5, 0.6) is 0 Å². The highest BCUT2D eigenvalue weighted by molar-refractivity contribution is 6.01. The lowest BCUT2D eigenvalue weighted by Crippen LogP contribution is -2.51. The first-order chi connectivity index (χ1) is 14.8. The average Bonchev–Trinajstić information content (AvgIpc) is 3.24. The minimum Gasteiger partial charge on any atom is -0.344 e. The normalized spacial score (nSPS) is 15.6. The molecule has 0 unspecified atom stereocenters. The molecule has 3 aromatic rings. The van der Waals surface area contributed by atoms with Crippen molar-refractivity contribution in [3.8, 4) is 0 Å². The molecule has 2 aromatic carbocycles. The van der Waals surface area contributed by atoms with Crippen molar-refractivity contribution in [2.75, 3.05) is 0 Å². The quantitative estimate of drug-likeness (QED) is 0.656. The van der Waals surface area contributed by atoms with Crippen molar-refractivity contribution in [3.63, 3.8) is 0 Å². The smallest absolute Gasteiger partial charge is 0.255 e. The summed E-state index contributed by atoms with van der Waals surface area (Å²) in [6, 6.07) is 14.8. The van der Waals surface area contributed by atoms with E-state index >= 15 is 0 Å². The molecular formula is C25H30N4O2. The fourth-order valence-corrected chi connectivity index (χ4v) is 4.52. The summed E-state index contributed by atoms with van der Waals surface area (Å²) in [7, 11) is 1.98. The van der Waals surface area contributed by atoms with Gasteiger partial charge in [0.1, 0.15) is 11.9 Å². The van der Waals surface area contributed by atoms with Gasteiger partial charge in [0.25, 0.3) is 5.91 Å². The van der Waals surface area contributed by atoms with E-state index in [0.29, 0.717) is 12.1 Å². The Balaban J connectivity index is 1.63. The number of nitrogens with zero attached hydrogens (tertiary/aromatic N) is 3. The highest BCUT2D eigenvalue weighted by Gasteiger charge is 2.39. The van der Waals surface area contributed by atoms with Gasteiger partial charge in [-0.2, -0.15) is 0 Å². The number of imidazole rings is 1. The van der Waals surface area contributed by atoms with Crippen LogP contribution in [0.2, 0.25) is 0 Å². The first-order valence-electron chi connectivity index (χ1n) is 10.9. The summed E-state index contributed by atoms with van der Waals surface area (Å²) in [6.07, 6.45) is 0. The third kappa shape index (κ3) is 3.71. The van der Waals surface area contributed by atoms with Gasteiger partial charge >= 0.3 is 0 Å². The molecule has 1 N–H and O–H groups in total. The monoisotopic (exact) mass is 418 g/mol. The summed E-state index contributed by atoms with van der Waals surface area (Å²) in [5, 5.41) is 3.22. The van der Waals surface area contributed by atoms with E-state index in [9.17, 15) is 9.59 Å². The molecule has 0 aliphatic carbocycles. The Morgan fingerprint density at radius 1 is 1.00 bits per heavy atom. The van der Waals surface area contributed by atoms with Crippen LogP contribution < -0.4 is 5.32 Å². The molecule has 1 aliphatic rings. The molecule has 1 aliphatic heterocycles. The van der Waals surface area contributed by atoms with Crippen LogP contribution in [-0.4, -0.2) is 32.3 Å². The number of nitrogens with one attached hydrogen (secondary N) is 1. The minimum absolute atomic E-state index is 0.0217. The Labute approximate surface area is 183 Å². The number of carbonyl (C=O) groups excluding carboxylic acids is 2. The second kappa shape index (κ2) is 8.17. The first-order valence-corrected chi connectivity index (χ1v) is 10.9. The predicted molar refractivity (Wildman–Crippen MR) is 121 cm³/mol. The second-order valence-electron chi connectivity index (χ2n) is 9.03. The predicted octanol–water partition coefficient (Wildman–Crippen LogP) is 4.07. The Kier molecular flexibility index (Phi) is 5.56. The molecule has 31 heavy (non-hydrogen) atoms. The average molecular weight is 419 g/mol. The zero-order valence-electron chi connectivity index (χ0n) is 18.8. The maximum Gasteiger partial charge on any atom is 0.255 e. The summed E-state index contributed by atoms with van der Waals surface area (Å²) in [4.78, 5) is 33.1. The van der Waals surface area contributed by atoms with Gasteiger partial charge in [0, 0.05) is 19.2 Å². The summed E-state index contributed by atoms with van der Waals surface area (Å²) in [5.74, 6) is 0.726. The molecule has 0 saturated carbocycles. The topological polar surface area (TPSA) is 67.2 Å². The lowest BCUT2D eigenvalue weighted by Gasteiger charge is -2.32. The highest BCUT2D eigenvalue weighted by Crippen LogP contribution is 2.29. The number of aryl methyl sites for hydroxylation is 1. The van der Waals surface area contributed by atoms with Crippen LogP contribution in [-0.2, 0) is 18.4 Å². The molecule has 0 bridgehead atoms. The van der Waals surface area contributed by atoms with Crippen LogP contribution in [0.3, 0.4) is 0 Å². The van der Waals surface area contributed by atoms with E-state index in [1.807, 2.05) is 74.0 Å². The summed E-state index contributed by atoms with van der Waals surface area (Å²) in [6.45, 7) is 8.58. The fraction of sp³-hybridized carbons (Fsp3) is 0.400. The first kappa shape index (κ1) is 21.1. The standard InChI is InChI=1S/C25H30N4O2/c1-15(2)21(23-26-19-12-8-9-13-20(19)28(23)5)27-24(30)22(16(3)4)29-14-17-10-6-7-11-18(17)25(29)31/h6-13,15-16,21-22H,14H2,1-5H3,(H,27,30)/t21-,22-/m0/s1. The van der Waals surface area contributed by atoms with Gasteiger partial charge in [-0.05, 0) is 35.6 Å².